The van der Waals surface area contributed by atoms with E-state index in [1.54, 1.807) is 0 Å². The normalized spacial score (nSPS) is 12.2. The topological polar surface area (TPSA) is 21.3 Å². The van der Waals surface area contributed by atoms with Crippen molar-refractivity contribution in [3.63, 3.8) is 0 Å². The summed E-state index contributed by atoms with van der Waals surface area (Å²) < 4.78 is 5.78. The Morgan fingerprint density at radius 1 is 1.14 bits per heavy atom. The lowest BCUT2D eigenvalue weighted by atomic mass is 9.95. The molecule has 2 aromatic rings. The van der Waals surface area contributed by atoms with Gasteiger partial charge in [-0.2, -0.15) is 0 Å². The van der Waals surface area contributed by atoms with E-state index in [0.29, 0.717) is 6.61 Å². The number of nitrogens with one attached hydrogen (secondary N) is 1. The maximum absolute atomic E-state index is 6.14. The second-order valence-electron chi connectivity index (χ2n) is 5.20. The van der Waals surface area contributed by atoms with Gasteiger partial charge in [0.1, 0.15) is 5.75 Å². The number of aryl methyl sites for hydroxylation is 2. The van der Waals surface area contributed by atoms with Crippen LogP contribution in [0.2, 0.25) is 5.02 Å². The molecule has 2 aromatic carbocycles. The first-order valence-corrected chi connectivity index (χ1v) is 7.61. The van der Waals surface area contributed by atoms with Crippen LogP contribution in [0.25, 0.3) is 0 Å². The summed E-state index contributed by atoms with van der Waals surface area (Å²) in [4.78, 5) is 0. The van der Waals surface area contributed by atoms with Gasteiger partial charge in [0.15, 0.2) is 0 Å². The maximum Gasteiger partial charge on any atom is 0.124 e. The van der Waals surface area contributed by atoms with Crippen molar-refractivity contribution in [1.29, 1.82) is 0 Å². The van der Waals surface area contributed by atoms with Crippen LogP contribution in [0.1, 0.15) is 35.2 Å². The van der Waals surface area contributed by atoms with Gasteiger partial charge < -0.3 is 10.1 Å². The Kier molecular flexibility index (Phi) is 5.27. The van der Waals surface area contributed by atoms with Crippen LogP contribution in [-0.4, -0.2) is 13.7 Å². The van der Waals surface area contributed by atoms with E-state index in [-0.39, 0.29) is 6.04 Å². The minimum Gasteiger partial charge on any atom is -0.494 e. The Balaban J connectivity index is 2.49. The highest BCUT2D eigenvalue weighted by atomic mass is 35.5. The Bertz CT molecular complexity index is 625. The van der Waals surface area contributed by atoms with Crippen LogP contribution in [0, 0.1) is 13.8 Å². The van der Waals surface area contributed by atoms with Crippen LogP contribution >= 0.6 is 11.6 Å². The minimum absolute atomic E-state index is 0.0856. The van der Waals surface area contributed by atoms with Gasteiger partial charge in [0.25, 0.3) is 0 Å². The number of benzene rings is 2. The molecule has 0 amide bonds. The van der Waals surface area contributed by atoms with E-state index in [0.717, 1.165) is 21.9 Å². The maximum atomic E-state index is 6.14. The molecule has 0 spiro atoms. The van der Waals surface area contributed by atoms with Crippen molar-refractivity contribution in [2.45, 2.75) is 26.8 Å². The molecule has 0 aromatic heterocycles. The lowest BCUT2D eigenvalue weighted by Crippen LogP contribution is -2.19. The average Bonchev–Trinajstić information content (AvgIpc) is 2.46. The first-order valence-electron chi connectivity index (χ1n) is 7.23. The molecule has 0 fully saturated rings. The van der Waals surface area contributed by atoms with Gasteiger partial charge in [0.05, 0.1) is 12.6 Å². The van der Waals surface area contributed by atoms with Crippen molar-refractivity contribution in [3.8, 4) is 5.75 Å². The van der Waals surface area contributed by atoms with E-state index < -0.39 is 0 Å². The lowest BCUT2D eigenvalue weighted by Gasteiger charge is -2.21. The Hall–Kier alpha value is -1.51. The van der Waals surface area contributed by atoms with E-state index in [1.807, 2.05) is 33.0 Å². The van der Waals surface area contributed by atoms with Crippen molar-refractivity contribution in [2.24, 2.45) is 0 Å². The fourth-order valence-corrected chi connectivity index (χ4v) is 2.65. The van der Waals surface area contributed by atoms with Gasteiger partial charge in [-0.05, 0) is 51.1 Å². The van der Waals surface area contributed by atoms with Gasteiger partial charge in [-0.3, -0.25) is 0 Å². The molecule has 0 heterocycles. The molecule has 0 radical (unpaired) electrons. The molecule has 2 rings (SSSR count). The highest BCUT2D eigenvalue weighted by molar-refractivity contribution is 6.31. The molecule has 0 bridgehead atoms. The molecule has 1 unspecified atom stereocenters. The fourth-order valence-electron chi connectivity index (χ4n) is 2.53. The third kappa shape index (κ3) is 3.58. The van der Waals surface area contributed by atoms with Gasteiger partial charge in [-0.1, -0.05) is 41.4 Å². The molecule has 0 saturated heterocycles. The zero-order chi connectivity index (χ0) is 15.4. The standard InChI is InChI=1S/C18H22ClNO/c1-5-21-17-9-6-12(2)10-15(17)18(20-4)14-7-8-16(19)13(3)11-14/h6-11,18,20H,5H2,1-4H3. The third-order valence-electron chi connectivity index (χ3n) is 3.58. The highest BCUT2D eigenvalue weighted by Gasteiger charge is 2.17. The smallest absolute Gasteiger partial charge is 0.124 e. The second-order valence-corrected chi connectivity index (χ2v) is 5.61. The summed E-state index contributed by atoms with van der Waals surface area (Å²) >= 11 is 6.14. The van der Waals surface area contributed by atoms with E-state index in [1.165, 1.54) is 11.1 Å². The molecule has 2 nitrogen and oxygen atoms in total. The first kappa shape index (κ1) is 15.9. The van der Waals surface area contributed by atoms with Crippen molar-refractivity contribution in [1.82, 2.24) is 5.32 Å². The van der Waals surface area contributed by atoms with Crippen LogP contribution in [-0.2, 0) is 0 Å². The average molecular weight is 304 g/mol. The van der Waals surface area contributed by atoms with Crippen molar-refractivity contribution < 1.29 is 4.74 Å². The summed E-state index contributed by atoms with van der Waals surface area (Å²) in [5.74, 6) is 0.926. The van der Waals surface area contributed by atoms with Crippen molar-refractivity contribution in [3.05, 3.63) is 63.7 Å². The largest absolute Gasteiger partial charge is 0.494 e. The Labute approximate surface area is 132 Å². The molecule has 0 aliphatic heterocycles. The molecular weight excluding hydrogens is 282 g/mol. The Morgan fingerprint density at radius 2 is 1.90 bits per heavy atom. The fraction of sp³-hybridized carbons (Fsp3) is 0.333. The van der Waals surface area contributed by atoms with Gasteiger partial charge in [-0.15, -0.1) is 0 Å². The predicted molar refractivity (Wildman–Crippen MR) is 89.4 cm³/mol. The zero-order valence-electron chi connectivity index (χ0n) is 13.0. The summed E-state index contributed by atoms with van der Waals surface area (Å²) in [6, 6.07) is 12.5. The van der Waals surface area contributed by atoms with E-state index in [2.05, 4.69) is 36.5 Å². The van der Waals surface area contributed by atoms with Crippen LogP contribution in [0.5, 0.6) is 5.75 Å². The predicted octanol–water partition coefficient (Wildman–Crippen LogP) is 4.66. The molecule has 1 atom stereocenters. The van der Waals surface area contributed by atoms with Crippen LogP contribution < -0.4 is 10.1 Å². The Morgan fingerprint density at radius 3 is 2.52 bits per heavy atom. The van der Waals surface area contributed by atoms with Gasteiger partial charge in [0, 0.05) is 10.6 Å². The van der Waals surface area contributed by atoms with Crippen molar-refractivity contribution in [2.75, 3.05) is 13.7 Å². The number of halogens is 1. The zero-order valence-corrected chi connectivity index (χ0v) is 13.8. The van der Waals surface area contributed by atoms with Gasteiger partial charge in [-0.25, -0.2) is 0 Å². The number of hydrogen-bond donors (Lipinski definition) is 1. The number of ether oxygens (including phenoxy) is 1. The third-order valence-corrected chi connectivity index (χ3v) is 4.00. The molecule has 1 N–H and O–H groups in total. The first-order chi connectivity index (χ1) is 10.1. The highest BCUT2D eigenvalue weighted by Crippen LogP contribution is 2.32. The van der Waals surface area contributed by atoms with Crippen LogP contribution in [0.3, 0.4) is 0 Å². The van der Waals surface area contributed by atoms with E-state index in [4.69, 9.17) is 16.3 Å². The molecule has 21 heavy (non-hydrogen) atoms. The summed E-state index contributed by atoms with van der Waals surface area (Å²) in [7, 11) is 1.96. The SMILES string of the molecule is CCOc1ccc(C)cc1C(NC)c1ccc(Cl)c(C)c1. The number of rotatable bonds is 5. The van der Waals surface area contributed by atoms with Gasteiger partial charge >= 0.3 is 0 Å². The molecule has 0 aliphatic carbocycles. The molecular formula is C18H22ClNO. The summed E-state index contributed by atoms with van der Waals surface area (Å²) in [6.45, 7) is 6.79. The number of hydrogen-bond acceptors (Lipinski definition) is 2. The summed E-state index contributed by atoms with van der Waals surface area (Å²) in [5.41, 5.74) is 4.64. The lowest BCUT2D eigenvalue weighted by molar-refractivity contribution is 0.334. The summed E-state index contributed by atoms with van der Waals surface area (Å²) in [6.07, 6.45) is 0. The quantitative estimate of drug-likeness (QED) is 0.867. The molecule has 3 heteroatoms. The molecule has 0 aliphatic rings. The van der Waals surface area contributed by atoms with Crippen LogP contribution in [0.4, 0.5) is 0 Å². The monoisotopic (exact) mass is 303 g/mol. The van der Waals surface area contributed by atoms with Gasteiger partial charge in [0.2, 0.25) is 0 Å². The van der Waals surface area contributed by atoms with E-state index >= 15 is 0 Å². The second kappa shape index (κ2) is 6.97. The molecule has 0 saturated carbocycles. The van der Waals surface area contributed by atoms with E-state index in [9.17, 15) is 0 Å². The minimum atomic E-state index is 0.0856. The van der Waals surface area contributed by atoms with Crippen LogP contribution in [0.15, 0.2) is 36.4 Å². The van der Waals surface area contributed by atoms with Crippen molar-refractivity contribution >= 4 is 11.6 Å². The summed E-state index contributed by atoms with van der Waals surface area (Å²) in [5, 5.41) is 4.18. The molecule has 112 valence electrons.